The molecule has 134 valence electrons. The predicted octanol–water partition coefficient (Wildman–Crippen LogP) is 2.08. The van der Waals surface area contributed by atoms with E-state index in [4.69, 9.17) is 0 Å². The van der Waals surface area contributed by atoms with Crippen molar-refractivity contribution in [2.45, 2.75) is 53.0 Å². The van der Waals surface area contributed by atoms with Crippen molar-refractivity contribution in [2.75, 3.05) is 6.54 Å². The maximum atomic E-state index is 12.7. The smallest absolute Gasteiger partial charge is 0.263 e. The fourth-order valence-corrected chi connectivity index (χ4v) is 3.25. The van der Waals surface area contributed by atoms with Gasteiger partial charge < -0.3 is 5.32 Å². The van der Waals surface area contributed by atoms with Crippen LogP contribution in [0.15, 0.2) is 17.2 Å². The van der Waals surface area contributed by atoms with Gasteiger partial charge in [0.1, 0.15) is 12.9 Å². The largest absolute Gasteiger partial charge is 0.355 e. The molecular formula is C19H26N4O2. The summed E-state index contributed by atoms with van der Waals surface area (Å²) in [6.45, 7) is 7.06. The van der Waals surface area contributed by atoms with Crippen LogP contribution in [-0.2, 0) is 24.2 Å². The minimum atomic E-state index is -0.197. The summed E-state index contributed by atoms with van der Waals surface area (Å²) in [4.78, 5) is 33.6. The minimum absolute atomic E-state index is 0.00659. The zero-order valence-electron chi connectivity index (χ0n) is 15.2. The van der Waals surface area contributed by atoms with Crippen molar-refractivity contribution < 1.29 is 4.79 Å². The number of hydrogen-bond donors (Lipinski definition) is 1. The summed E-state index contributed by atoms with van der Waals surface area (Å²) in [6, 6.07) is 1.93. The molecule has 2 aromatic heterocycles. The van der Waals surface area contributed by atoms with Gasteiger partial charge in [-0.25, -0.2) is 9.97 Å². The average Bonchev–Trinajstić information content (AvgIpc) is 2.56. The first-order valence-corrected chi connectivity index (χ1v) is 9.08. The van der Waals surface area contributed by atoms with E-state index in [1.165, 1.54) is 10.9 Å². The molecule has 0 aliphatic heterocycles. The molecule has 0 spiro atoms. The number of hydrogen-bond acceptors (Lipinski definition) is 4. The summed E-state index contributed by atoms with van der Waals surface area (Å²) in [5.74, 6) is 0.978. The number of nitrogens with zero attached hydrogens (tertiary/aromatic N) is 3. The van der Waals surface area contributed by atoms with Crippen molar-refractivity contribution in [3.05, 3.63) is 34.0 Å². The molecule has 0 bridgehead atoms. The van der Waals surface area contributed by atoms with E-state index in [-0.39, 0.29) is 18.0 Å². The van der Waals surface area contributed by atoms with E-state index in [2.05, 4.69) is 36.1 Å². The molecule has 0 fully saturated rings. The number of carbonyl (C=O) groups excluding carboxylic acids is 1. The number of pyridine rings is 1. The topological polar surface area (TPSA) is 76.9 Å². The Morgan fingerprint density at radius 1 is 1.44 bits per heavy atom. The zero-order chi connectivity index (χ0) is 18.0. The Morgan fingerprint density at radius 3 is 3.00 bits per heavy atom. The Balaban J connectivity index is 1.82. The highest BCUT2D eigenvalue weighted by Gasteiger charge is 2.19. The monoisotopic (exact) mass is 342 g/mol. The van der Waals surface area contributed by atoms with Gasteiger partial charge in [-0.05, 0) is 49.1 Å². The van der Waals surface area contributed by atoms with Crippen LogP contribution >= 0.6 is 0 Å². The van der Waals surface area contributed by atoms with Crippen LogP contribution in [0.2, 0.25) is 0 Å². The molecule has 25 heavy (non-hydrogen) atoms. The maximum absolute atomic E-state index is 12.7. The number of nitrogens with one attached hydrogen (secondary N) is 1. The third-order valence-corrected chi connectivity index (χ3v) is 4.78. The van der Waals surface area contributed by atoms with E-state index in [1.807, 2.05) is 6.07 Å². The van der Waals surface area contributed by atoms with E-state index >= 15 is 0 Å². The van der Waals surface area contributed by atoms with Crippen LogP contribution < -0.4 is 10.9 Å². The molecular weight excluding hydrogens is 316 g/mol. The first kappa shape index (κ1) is 17.6. The van der Waals surface area contributed by atoms with Gasteiger partial charge in [0, 0.05) is 12.2 Å². The van der Waals surface area contributed by atoms with E-state index in [0.29, 0.717) is 29.4 Å². The fourth-order valence-electron chi connectivity index (χ4n) is 3.25. The van der Waals surface area contributed by atoms with Gasteiger partial charge in [0.15, 0.2) is 5.65 Å². The molecule has 1 N–H and O–H groups in total. The highest BCUT2D eigenvalue weighted by Crippen LogP contribution is 2.25. The molecule has 1 unspecified atom stereocenters. The van der Waals surface area contributed by atoms with Gasteiger partial charge in [-0.3, -0.25) is 14.2 Å². The summed E-state index contributed by atoms with van der Waals surface area (Å²) in [5.41, 5.74) is 2.48. The second kappa shape index (κ2) is 7.33. The third-order valence-electron chi connectivity index (χ3n) is 4.78. The summed E-state index contributed by atoms with van der Waals surface area (Å²) >= 11 is 0. The molecule has 6 nitrogen and oxygen atoms in total. The lowest BCUT2D eigenvalue weighted by Gasteiger charge is -2.20. The van der Waals surface area contributed by atoms with Crippen LogP contribution in [0.4, 0.5) is 0 Å². The number of fused-ring (bicyclic) bond motifs is 2. The lowest BCUT2D eigenvalue weighted by molar-refractivity contribution is -0.121. The lowest BCUT2D eigenvalue weighted by Crippen LogP contribution is -2.33. The Morgan fingerprint density at radius 2 is 2.24 bits per heavy atom. The molecule has 1 amide bonds. The maximum Gasteiger partial charge on any atom is 0.263 e. The van der Waals surface area contributed by atoms with Crippen molar-refractivity contribution in [3.8, 4) is 0 Å². The molecule has 2 heterocycles. The van der Waals surface area contributed by atoms with Crippen LogP contribution in [0.1, 0.15) is 44.9 Å². The molecule has 6 heteroatoms. The van der Waals surface area contributed by atoms with Crippen molar-refractivity contribution in [3.63, 3.8) is 0 Å². The summed E-state index contributed by atoms with van der Waals surface area (Å²) in [6.07, 6.45) is 5.36. The van der Waals surface area contributed by atoms with Gasteiger partial charge in [-0.1, -0.05) is 20.8 Å². The van der Waals surface area contributed by atoms with Crippen LogP contribution in [0, 0.1) is 11.8 Å². The molecule has 0 aromatic carbocycles. The van der Waals surface area contributed by atoms with Crippen LogP contribution in [-0.4, -0.2) is 27.0 Å². The molecule has 0 saturated heterocycles. The van der Waals surface area contributed by atoms with Crippen molar-refractivity contribution >= 4 is 16.9 Å². The molecule has 0 saturated carbocycles. The Hall–Kier alpha value is -2.24. The second-order valence-corrected chi connectivity index (χ2v) is 7.52. The van der Waals surface area contributed by atoms with Crippen molar-refractivity contribution in [2.24, 2.45) is 11.8 Å². The molecule has 0 radical (unpaired) electrons. The van der Waals surface area contributed by atoms with Gasteiger partial charge >= 0.3 is 0 Å². The first-order chi connectivity index (χ1) is 11.9. The van der Waals surface area contributed by atoms with E-state index in [1.54, 1.807) is 0 Å². The summed E-state index contributed by atoms with van der Waals surface area (Å²) in [7, 11) is 0. The van der Waals surface area contributed by atoms with E-state index in [0.717, 1.165) is 36.9 Å². The molecule has 1 atom stereocenters. The van der Waals surface area contributed by atoms with Crippen molar-refractivity contribution in [1.29, 1.82) is 0 Å². The Bertz CT molecular complexity index is 841. The van der Waals surface area contributed by atoms with Crippen LogP contribution in [0.25, 0.3) is 11.0 Å². The third kappa shape index (κ3) is 4.06. The summed E-state index contributed by atoms with van der Waals surface area (Å²) < 4.78 is 1.37. The number of rotatable bonds is 5. The molecule has 3 rings (SSSR count). The fraction of sp³-hybridized carbons (Fsp3) is 0.579. The SMILES string of the molecule is CC(C)CCNC(=O)Cn1cnc2nc3c(cc2c1=O)CC(C)CC3. The highest BCUT2D eigenvalue weighted by atomic mass is 16.2. The molecule has 1 aliphatic rings. The van der Waals surface area contributed by atoms with Gasteiger partial charge in [0.25, 0.3) is 5.56 Å². The molecule has 1 aliphatic carbocycles. The Kier molecular flexibility index (Phi) is 5.16. The van der Waals surface area contributed by atoms with Gasteiger partial charge in [-0.15, -0.1) is 0 Å². The number of aryl methyl sites for hydroxylation is 1. The standard InChI is InChI=1S/C19H26N4O2/c1-12(2)6-7-20-17(24)10-23-11-21-18-15(19(23)25)9-14-8-13(3)4-5-16(14)22-18/h9,11-13H,4-8,10H2,1-3H3,(H,20,24). The average molecular weight is 342 g/mol. The second-order valence-electron chi connectivity index (χ2n) is 7.52. The molecule has 2 aromatic rings. The predicted molar refractivity (Wildman–Crippen MR) is 97.5 cm³/mol. The number of carbonyl (C=O) groups is 1. The normalized spacial score (nSPS) is 16.9. The highest BCUT2D eigenvalue weighted by molar-refractivity contribution is 5.77. The summed E-state index contributed by atoms with van der Waals surface area (Å²) in [5, 5.41) is 3.36. The quantitative estimate of drug-likeness (QED) is 0.902. The van der Waals surface area contributed by atoms with Gasteiger partial charge in [0.2, 0.25) is 5.91 Å². The van der Waals surface area contributed by atoms with Gasteiger partial charge in [-0.2, -0.15) is 0 Å². The lowest BCUT2D eigenvalue weighted by atomic mass is 9.87. The Labute approximate surface area is 147 Å². The minimum Gasteiger partial charge on any atom is -0.355 e. The van der Waals surface area contributed by atoms with E-state index < -0.39 is 0 Å². The number of amides is 1. The van der Waals surface area contributed by atoms with E-state index in [9.17, 15) is 9.59 Å². The van der Waals surface area contributed by atoms with Crippen molar-refractivity contribution in [1.82, 2.24) is 19.9 Å². The first-order valence-electron chi connectivity index (χ1n) is 9.08. The van der Waals surface area contributed by atoms with Gasteiger partial charge in [0.05, 0.1) is 5.39 Å². The van der Waals surface area contributed by atoms with Crippen LogP contribution in [0.3, 0.4) is 0 Å². The zero-order valence-corrected chi connectivity index (χ0v) is 15.2. The van der Waals surface area contributed by atoms with Crippen LogP contribution in [0.5, 0.6) is 0 Å². The number of aromatic nitrogens is 3.